The van der Waals surface area contributed by atoms with E-state index < -0.39 is 12.3 Å². The second kappa shape index (κ2) is 8.21. The highest BCUT2D eigenvalue weighted by Gasteiger charge is 2.38. The maximum Gasteiger partial charge on any atom is 0.573 e. The van der Waals surface area contributed by atoms with Gasteiger partial charge in [-0.05, 0) is 74.0 Å². The van der Waals surface area contributed by atoms with Crippen LogP contribution in [0.15, 0.2) is 18.2 Å². The maximum absolute atomic E-state index is 12.6. The topological polar surface area (TPSA) is 49.8 Å². The molecule has 0 radical (unpaired) electrons. The lowest BCUT2D eigenvalue weighted by atomic mass is 9.65. The molecule has 0 amide bonds. The average molecular weight is 399 g/mol. The number of aliphatic carboxylic acids is 1. The molecule has 1 spiro atoms. The number of aryl methyl sites for hydroxylation is 1. The van der Waals surface area contributed by atoms with Crippen molar-refractivity contribution < 1.29 is 27.8 Å². The molecule has 1 heterocycles. The van der Waals surface area contributed by atoms with Gasteiger partial charge in [0.1, 0.15) is 5.75 Å². The smallest absolute Gasteiger partial charge is 0.481 e. The number of benzene rings is 1. The van der Waals surface area contributed by atoms with E-state index in [1.165, 1.54) is 12.1 Å². The van der Waals surface area contributed by atoms with Gasteiger partial charge in [-0.15, -0.1) is 13.2 Å². The van der Waals surface area contributed by atoms with E-state index in [2.05, 4.69) is 9.64 Å². The van der Waals surface area contributed by atoms with Crippen molar-refractivity contribution in [1.82, 2.24) is 0 Å². The van der Waals surface area contributed by atoms with E-state index in [4.69, 9.17) is 5.11 Å². The van der Waals surface area contributed by atoms with E-state index in [-0.39, 0.29) is 23.5 Å². The minimum absolute atomic E-state index is 0.156. The fraction of sp³-hybridized carbons (Fsp3) is 0.667. The van der Waals surface area contributed by atoms with Gasteiger partial charge in [-0.25, -0.2) is 0 Å². The highest BCUT2D eigenvalue weighted by Crippen LogP contribution is 2.47. The normalized spacial score (nSPS) is 20.4. The van der Waals surface area contributed by atoms with Gasteiger partial charge < -0.3 is 14.7 Å². The molecule has 28 heavy (non-hydrogen) atoms. The van der Waals surface area contributed by atoms with Crippen molar-refractivity contribution in [1.29, 1.82) is 0 Å². The molecule has 0 atom stereocenters. The molecule has 3 rings (SSSR count). The summed E-state index contributed by atoms with van der Waals surface area (Å²) in [5.74, 6) is -0.593. The Morgan fingerprint density at radius 3 is 2.36 bits per heavy atom. The second-order valence-corrected chi connectivity index (χ2v) is 8.26. The van der Waals surface area contributed by atoms with Crippen molar-refractivity contribution in [2.75, 3.05) is 18.0 Å². The van der Waals surface area contributed by atoms with Crippen LogP contribution in [0.2, 0.25) is 0 Å². The summed E-state index contributed by atoms with van der Waals surface area (Å²) in [4.78, 5) is 13.1. The molecule has 2 fully saturated rings. The van der Waals surface area contributed by atoms with Crippen molar-refractivity contribution in [3.63, 3.8) is 0 Å². The van der Waals surface area contributed by atoms with Gasteiger partial charge in [0, 0.05) is 31.3 Å². The fourth-order valence-electron chi connectivity index (χ4n) is 4.70. The SMILES string of the molecule is CCc1cc(OC(F)(F)F)cc(N2CCC3(CCC(CC(=O)O)CC3)CC2)c1. The number of hydrogen-bond donors (Lipinski definition) is 1. The molecule has 1 aliphatic carbocycles. The van der Waals surface area contributed by atoms with E-state index >= 15 is 0 Å². The molecule has 1 aliphatic heterocycles. The summed E-state index contributed by atoms with van der Waals surface area (Å²) < 4.78 is 42.0. The summed E-state index contributed by atoms with van der Waals surface area (Å²) >= 11 is 0. The number of rotatable bonds is 5. The lowest BCUT2D eigenvalue weighted by molar-refractivity contribution is -0.274. The van der Waals surface area contributed by atoms with Crippen LogP contribution in [0.5, 0.6) is 5.75 Å². The monoisotopic (exact) mass is 399 g/mol. The summed E-state index contributed by atoms with van der Waals surface area (Å²) in [6, 6.07) is 4.88. The number of alkyl halides is 3. The van der Waals surface area contributed by atoms with Crippen molar-refractivity contribution in [3.05, 3.63) is 23.8 Å². The Labute approximate surface area is 163 Å². The highest BCUT2D eigenvalue weighted by molar-refractivity contribution is 5.67. The summed E-state index contributed by atoms with van der Waals surface area (Å²) in [6.45, 7) is 3.53. The van der Waals surface area contributed by atoms with Gasteiger partial charge in [0.2, 0.25) is 0 Å². The number of carboxylic acids is 1. The quantitative estimate of drug-likeness (QED) is 0.720. The van der Waals surface area contributed by atoms with Crippen LogP contribution in [0, 0.1) is 11.3 Å². The van der Waals surface area contributed by atoms with Gasteiger partial charge in [0.05, 0.1) is 0 Å². The number of carboxylic acid groups (broad SMARTS) is 1. The number of piperidine rings is 1. The Morgan fingerprint density at radius 2 is 1.82 bits per heavy atom. The molecular weight excluding hydrogens is 371 g/mol. The molecule has 1 saturated carbocycles. The number of hydrogen-bond acceptors (Lipinski definition) is 3. The van der Waals surface area contributed by atoms with Crippen LogP contribution in [-0.2, 0) is 11.2 Å². The lowest BCUT2D eigenvalue weighted by Crippen LogP contribution is -2.42. The number of nitrogens with zero attached hydrogens (tertiary/aromatic N) is 1. The Hall–Kier alpha value is -1.92. The zero-order chi connectivity index (χ0) is 20.4. The number of carbonyl (C=O) groups is 1. The predicted octanol–water partition coefficient (Wildman–Crippen LogP) is 5.40. The molecule has 4 nitrogen and oxygen atoms in total. The Bertz CT molecular complexity index is 687. The molecule has 1 saturated heterocycles. The van der Waals surface area contributed by atoms with E-state index in [1.54, 1.807) is 0 Å². The molecule has 0 unspecified atom stereocenters. The van der Waals surface area contributed by atoms with Gasteiger partial charge in [-0.2, -0.15) is 0 Å². The molecule has 0 aromatic heterocycles. The van der Waals surface area contributed by atoms with Gasteiger partial charge in [-0.3, -0.25) is 4.79 Å². The molecular formula is C21H28F3NO3. The maximum atomic E-state index is 12.6. The third-order valence-corrected chi connectivity index (χ3v) is 6.41. The standard InChI is InChI=1S/C21H28F3NO3/c1-2-15-11-17(14-18(12-15)28-21(22,23)24)25-9-7-20(8-10-25)5-3-16(4-6-20)13-19(26)27/h11-12,14,16H,2-10,13H2,1H3,(H,26,27). The Kier molecular flexibility index (Phi) is 6.10. The van der Waals surface area contributed by atoms with Gasteiger partial charge >= 0.3 is 12.3 Å². The highest BCUT2D eigenvalue weighted by atomic mass is 19.4. The molecule has 1 N–H and O–H groups in total. The minimum atomic E-state index is -4.69. The van der Waals surface area contributed by atoms with Crippen LogP contribution in [0.4, 0.5) is 18.9 Å². The van der Waals surface area contributed by atoms with E-state index in [1.807, 2.05) is 13.0 Å². The zero-order valence-electron chi connectivity index (χ0n) is 16.2. The number of ether oxygens (including phenoxy) is 1. The molecule has 0 bridgehead atoms. The third-order valence-electron chi connectivity index (χ3n) is 6.41. The fourth-order valence-corrected chi connectivity index (χ4v) is 4.70. The summed E-state index contributed by atoms with van der Waals surface area (Å²) in [6.07, 6.45) is 2.23. The summed E-state index contributed by atoms with van der Waals surface area (Å²) in [7, 11) is 0. The lowest BCUT2D eigenvalue weighted by Gasteiger charge is -2.46. The van der Waals surface area contributed by atoms with Crippen LogP contribution < -0.4 is 9.64 Å². The average Bonchev–Trinajstić information content (AvgIpc) is 2.62. The van der Waals surface area contributed by atoms with Crippen LogP contribution >= 0.6 is 0 Å². The largest absolute Gasteiger partial charge is 0.573 e. The summed E-state index contributed by atoms with van der Waals surface area (Å²) in [5, 5.41) is 8.98. The van der Waals surface area contributed by atoms with Crippen LogP contribution in [0.3, 0.4) is 0 Å². The van der Waals surface area contributed by atoms with Crippen molar-refractivity contribution in [2.45, 2.75) is 64.7 Å². The first-order valence-corrected chi connectivity index (χ1v) is 10.0. The molecule has 1 aromatic carbocycles. The Morgan fingerprint density at radius 1 is 1.18 bits per heavy atom. The first-order chi connectivity index (χ1) is 13.2. The second-order valence-electron chi connectivity index (χ2n) is 8.26. The van der Waals surface area contributed by atoms with Crippen LogP contribution in [0.25, 0.3) is 0 Å². The number of anilines is 1. The first kappa shape index (κ1) is 20.8. The van der Waals surface area contributed by atoms with Crippen molar-refractivity contribution >= 4 is 11.7 Å². The molecule has 156 valence electrons. The minimum Gasteiger partial charge on any atom is -0.481 e. The molecule has 7 heteroatoms. The molecule has 1 aromatic rings. The Balaban J connectivity index is 1.63. The van der Waals surface area contributed by atoms with Gasteiger partial charge in [0.25, 0.3) is 0 Å². The first-order valence-electron chi connectivity index (χ1n) is 10.0. The third kappa shape index (κ3) is 5.32. The van der Waals surface area contributed by atoms with Crippen molar-refractivity contribution in [3.8, 4) is 5.75 Å². The number of halogens is 3. The van der Waals surface area contributed by atoms with E-state index in [9.17, 15) is 18.0 Å². The van der Waals surface area contributed by atoms with Gasteiger partial charge in [0.15, 0.2) is 0 Å². The van der Waals surface area contributed by atoms with Gasteiger partial charge in [-0.1, -0.05) is 6.92 Å². The van der Waals surface area contributed by atoms with E-state index in [0.29, 0.717) is 6.42 Å². The zero-order valence-corrected chi connectivity index (χ0v) is 16.2. The molecule has 2 aliphatic rings. The predicted molar refractivity (Wildman–Crippen MR) is 101 cm³/mol. The van der Waals surface area contributed by atoms with Crippen LogP contribution in [0.1, 0.15) is 57.4 Å². The summed E-state index contributed by atoms with van der Waals surface area (Å²) in [5.41, 5.74) is 1.87. The van der Waals surface area contributed by atoms with Crippen molar-refractivity contribution in [2.24, 2.45) is 11.3 Å². The van der Waals surface area contributed by atoms with Crippen LogP contribution in [-0.4, -0.2) is 30.5 Å². The van der Waals surface area contributed by atoms with E-state index in [0.717, 1.165) is 62.9 Å².